The van der Waals surface area contributed by atoms with E-state index in [-0.39, 0.29) is 5.78 Å². The average Bonchev–Trinajstić information content (AvgIpc) is 1.88. The van der Waals surface area contributed by atoms with E-state index in [1.807, 2.05) is 20.2 Å². The number of allylic oxidation sites excluding steroid dienone is 1. The summed E-state index contributed by atoms with van der Waals surface area (Å²) in [4.78, 5) is 12.9. The summed E-state index contributed by atoms with van der Waals surface area (Å²) >= 11 is 0. The first-order valence-electron chi connectivity index (χ1n) is 3.57. The van der Waals surface area contributed by atoms with Gasteiger partial charge in [-0.1, -0.05) is 6.08 Å². The Labute approximate surface area is 61.5 Å². The summed E-state index contributed by atoms with van der Waals surface area (Å²) < 4.78 is 0. The van der Waals surface area contributed by atoms with Crippen molar-refractivity contribution in [2.45, 2.75) is 18.9 Å². The van der Waals surface area contributed by atoms with E-state index < -0.39 is 0 Å². The number of hydrogen-bond donors (Lipinski definition) is 0. The molecule has 0 radical (unpaired) electrons. The fraction of sp³-hybridized carbons (Fsp3) is 0.625. The van der Waals surface area contributed by atoms with Gasteiger partial charge in [-0.05, 0) is 26.6 Å². The van der Waals surface area contributed by atoms with Crippen LogP contribution in [-0.2, 0) is 4.79 Å². The Hall–Kier alpha value is -0.630. The molecule has 1 rings (SSSR count). The summed E-state index contributed by atoms with van der Waals surface area (Å²) in [6, 6.07) is 0.470. The van der Waals surface area contributed by atoms with Crippen LogP contribution in [0.3, 0.4) is 0 Å². The van der Waals surface area contributed by atoms with Crippen molar-refractivity contribution in [3.8, 4) is 0 Å². The smallest absolute Gasteiger partial charge is 0.155 e. The van der Waals surface area contributed by atoms with E-state index in [0.29, 0.717) is 12.5 Å². The molecule has 56 valence electrons. The maximum absolute atomic E-state index is 10.7. The third-order valence-electron chi connectivity index (χ3n) is 1.85. The molecule has 0 aromatic rings. The van der Waals surface area contributed by atoms with Crippen LogP contribution in [0.4, 0.5) is 0 Å². The van der Waals surface area contributed by atoms with Crippen molar-refractivity contribution in [2.24, 2.45) is 0 Å². The van der Waals surface area contributed by atoms with Gasteiger partial charge in [0.25, 0.3) is 0 Å². The van der Waals surface area contributed by atoms with Crippen molar-refractivity contribution in [2.75, 3.05) is 14.1 Å². The zero-order valence-corrected chi connectivity index (χ0v) is 6.50. The van der Waals surface area contributed by atoms with Crippen molar-refractivity contribution in [1.29, 1.82) is 0 Å². The predicted octanol–water partition coefficient (Wildman–Crippen LogP) is 0.836. The Balaban J connectivity index is 2.53. The highest BCUT2D eigenvalue weighted by molar-refractivity contribution is 5.90. The van der Waals surface area contributed by atoms with E-state index in [0.717, 1.165) is 6.42 Å². The molecule has 0 aromatic carbocycles. The molecule has 2 nitrogen and oxygen atoms in total. The number of carbonyl (C=O) groups is 1. The topological polar surface area (TPSA) is 20.3 Å². The van der Waals surface area contributed by atoms with Crippen molar-refractivity contribution >= 4 is 5.78 Å². The Morgan fingerprint density at radius 3 is 2.70 bits per heavy atom. The number of hydrogen-bond acceptors (Lipinski definition) is 2. The largest absolute Gasteiger partial charge is 0.303 e. The molecule has 0 saturated heterocycles. The molecular weight excluding hydrogens is 126 g/mol. The summed E-state index contributed by atoms with van der Waals surface area (Å²) in [6.45, 7) is 0. The van der Waals surface area contributed by atoms with Crippen molar-refractivity contribution < 1.29 is 4.79 Å². The number of likely N-dealkylation sites (N-methyl/N-ethyl adjacent to an activating group) is 1. The molecule has 0 fully saturated rings. The Bertz CT molecular complexity index is 161. The van der Waals surface area contributed by atoms with Crippen molar-refractivity contribution in [3.63, 3.8) is 0 Å². The highest BCUT2D eigenvalue weighted by Gasteiger charge is 2.13. The number of rotatable bonds is 1. The summed E-state index contributed by atoms with van der Waals surface area (Å²) in [5.41, 5.74) is 0. The van der Waals surface area contributed by atoms with E-state index in [9.17, 15) is 4.79 Å². The molecule has 0 saturated carbocycles. The van der Waals surface area contributed by atoms with E-state index in [4.69, 9.17) is 0 Å². The van der Waals surface area contributed by atoms with Crippen molar-refractivity contribution in [1.82, 2.24) is 4.90 Å². The van der Waals surface area contributed by atoms with E-state index >= 15 is 0 Å². The zero-order valence-electron chi connectivity index (χ0n) is 6.50. The van der Waals surface area contributed by atoms with Crippen LogP contribution in [0.5, 0.6) is 0 Å². The molecule has 1 aliphatic carbocycles. The van der Waals surface area contributed by atoms with Crippen LogP contribution in [0.25, 0.3) is 0 Å². The van der Waals surface area contributed by atoms with Gasteiger partial charge in [0.05, 0.1) is 0 Å². The fourth-order valence-corrected chi connectivity index (χ4v) is 1.12. The summed E-state index contributed by atoms with van der Waals surface area (Å²) in [6.07, 6.45) is 5.35. The predicted molar refractivity (Wildman–Crippen MR) is 40.9 cm³/mol. The van der Waals surface area contributed by atoms with Gasteiger partial charge in [0.2, 0.25) is 0 Å². The third kappa shape index (κ3) is 1.67. The minimum absolute atomic E-state index is 0.262. The van der Waals surface area contributed by atoms with Gasteiger partial charge in [-0.25, -0.2) is 0 Å². The second-order valence-corrected chi connectivity index (χ2v) is 2.90. The summed E-state index contributed by atoms with van der Waals surface area (Å²) in [5.74, 6) is 0.262. The maximum atomic E-state index is 10.7. The average molecular weight is 139 g/mol. The molecule has 1 aliphatic rings. The maximum Gasteiger partial charge on any atom is 0.155 e. The number of nitrogens with zero attached hydrogens (tertiary/aromatic N) is 1. The lowest BCUT2D eigenvalue weighted by atomic mass is 10.0. The minimum Gasteiger partial charge on any atom is -0.303 e. The molecule has 0 spiro atoms. The van der Waals surface area contributed by atoms with Crippen LogP contribution in [0, 0.1) is 0 Å². The normalized spacial score (nSPS) is 25.9. The second kappa shape index (κ2) is 2.97. The van der Waals surface area contributed by atoms with Gasteiger partial charge in [0, 0.05) is 12.5 Å². The molecule has 1 atom stereocenters. The lowest BCUT2D eigenvalue weighted by Gasteiger charge is -2.22. The van der Waals surface area contributed by atoms with Gasteiger partial charge in [-0.15, -0.1) is 0 Å². The summed E-state index contributed by atoms with van der Waals surface area (Å²) in [7, 11) is 4.07. The summed E-state index contributed by atoms with van der Waals surface area (Å²) in [5, 5.41) is 0. The molecule has 2 heteroatoms. The van der Waals surface area contributed by atoms with Crippen LogP contribution in [-0.4, -0.2) is 30.8 Å². The molecule has 0 aliphatic heterocycles. The molecule has 0 bridgehead atoms. The van der Waals surface area contributed by atoms with E-state index in [1.54, 1.807) is 6.08 Å². The van der Waals surface area contributed by atoms with E-state index in [2.05, 4.69) is 4.90 Å². The first-order valence-corrected chi connectivity index (χ1v) is 3.57. The Morgan fingerprint density at radius 1 is 1.60 bits per heavy atom. The molecule has 0 N–H and O–H groups in total. The minimum atomic E-state index is 0.262. The van der Waals surface area contributed by atoms with Crippen LogP contribution >= 0.6 is 0 Å². The van der Waals surface area contributed by atoms with Gasteiger partial charge in [0.1, 0.15) is 0 Å². The van der Waals surface area contributed by atoms with Gasteiger partial charge >= 0.3 is 0 Å². The van der Waals surface area contributed by atoms with Gasteiger partial charge < -0.3 is 4.90 Å². The Kier molecular flexibility index (Phi) is 2.22. The Morgan fingerprint density at radius 2 is 2.30 bits per heavy atom. The fourth-order valence-electron chi connectivity index (χ4n) is 1.12. The lowest BCUT2D eigenvalue weighted by molar-refractivity contribution is -0.115. The third-order valence-corrected chi connectivity index (χ3v) is 1.85. The molecule has 0 heterocycles. The van der Waals surface area contributed by atoms with Crippen molar-refractivity contribution in [3.05, 3.63) is 12.2 Å². The molecule has 0 aromatic heterocycles. The first-order chi connectivity index (χ1) is 4.70. The van der Waals surface area contributed by atoms with Crippen LogP contribution in [0.2, 0.25) is 0 Å². The van der Waals surface area contributed by atoms with Gasteiger partial charge in [-0.2, -0.15) is 0 Å². The second-order valence-electron chi connectivity index (χ2n) is 2.90. The molecule has 10 heavy (non-hydrogen) atoms. The van der Waals surface area contributed by atoms with Crippen LogP contribution in [0.1, 0.15) is 12.8 Å². The van der Waals surface area contributed by atoms with Gasteiger partial charge in [-0.3, -0.25) is 4.79 Å². The number of carbonyl (C=O) groups excluding carboxylic acids is 1. The molecule has 1 unspecified atom stereocenters. The monoisotopic (exact) mass is 139 g/mol. The van der Waals surface area contributed by atoms with Gasteiger partial charge in [0.15, 0.2) is 5.78 Å². The zero-order chi connectivity index (χ0) is 7.56. The standard InChI is InChI=1S/C8H13NO/c1-9(2)7-3-5-8(10)6-4-7/h3,5,7H,4,6H2,1-2H3. The molecular formula is C8H13NO. The van der Waals surface area contributed by atoms with Crippen LogP contribution < -0.4 is 0 Å². The molecule has 0 amide bonds. The van der Waals surface area contributed by atoms with Crippen LogP contribution in [0.15, 0.2) is 12.2 Å². The highest BCUT2D eigenvalue weighted by Crippen LogP contribution is 2.10. The number of ketones is 1. The highest BCUT2D eigenvalue weighted by atomic mass is 16.1. The van der Waals surface area contributed by atoms with E-state index in [1.165, 1.54) is 0 Å². The quantitative estimate of drug-likeness (QED) is 0.536. The lowest BCUT2D eigenvalue weighted by Crippen LogP contribution is -2.28. The SMILES string of the molecule is CN(C)C1C=CC(=O)CC1. The first kappa shape index (κ1) is 7.48.